The van der Waals surface area contributed by atoms with Crippen LogP contribution in [-0.2, 0) is 16.6 Å². The summed E-state index contributed by atoms with van der Waals surface area (Å²) in [4.78, 5) is 0.0246. The average molecular weight is 296 g/mol. The number of nitrogens with one attached hydrogen (secondary N) is 1. The van der Waals surface area contributed by atoms with Gasteiger partial charge in [-0.1, -0.05) is 0 Å². The van der Waals surface area contributed by atoms with Crippen molar-refractivity contribution in [1.82, 2.24) is 14.5 Å². The first kappa shape index (κ1) is 14.4. The van der Waals surface area contributed by atoms with E-state index in [2.05, 4.69) is 9.82 Å². The molecule has 20 heavy (non-hydrogen) atoms. The lowest BCUT2D eigenvalue weighted by atomic mass is 10.3. The molecule has 0 unspecified atom stereocenters. The van der Waals surface area contributed by atoms with Crippen molar-refractivity contribution in [3.05, 3.63) is 30.6 Å². The molecular formula is C12H16N4O3S. The summed E-state index contributed by atoms with van der Waals surface area (Å²) in [5, 5.41) is 4.08. The topological polar surface area (TPSA) is 99.2 Å². The number of aromatic nitrogens is 2. The predicted octanol–water partition coefficient (Wildman–Crippen LogP) is 1.19. The van der Waals surface area contributed by atoms with E-state index in [1.54, 1.807) is 23.1 Å². The molecule has 3 N–H and O–H groups in total. The Labute approximate surface area is 117 Å². The summed E-state index contributed by atoms with van der Waals surface area (Å²) in [7, 11) is -2.23. The minimum atomic E-state index is -3.57. The molecule has 108 valence electrons. The van der Waals surface area contributed by atoms with Crippen LogP contribution in [0.25, 0.3) is 0 Å². The zero-order valence-electron chi connectivity index (χ0n) is 11.2. The van der Waals surface area contributed by atoms with Crippen LogP contribution in [0.4, 0.5) is 5.69 Å². The molecule has 0 saturated carbocycles. The third kappa shape index (κ3) is 2.91. The third-order valence-electron chi connectivity index (χ3n) is 2.71. The van der Waals surface area contributed by atoms with E-state index < -0.39 is 10.0 Å². The number of nitrogen functional groups attached to an aromatic ring is 1. The van der Waals surface area contributed by atoms with Crippen molar-refractivity contribution in [3.8, 4) is 11.5 Å². The third-order valence-corrected chi connectivity index (χ3v) is 4.20. The Balaban J connectivity index is 2.25. The number of hydrogen-bond acceptors (Lipinski definition) is 5. The van der Waals surface area contributed by atoms with Gasteiger partial charge in [-0.2, -0.15) is 5.10 Å². The van der Waals surface area contributed by atoms with Crippen molar-refractivity contribution >= 4 is 15.7 Å². The molecule has 2 rings (SSSR count). The van der Waals surface area contributed by atoms with E-state index in [0.29, 0.717) is 11.5 Å². The number of nitrogens with two attached hydrogens (primary N) is 1. The van der Waals surface area contributed by atoms with Crippen LogP contribution in [0.2, 0.25) is 0 Å². The van der Waals surface area contributed by atoms with Gasteiger partial charge in [0, 0.05) is 12.6 Å². The molecule has 0 amide bonds. The standard InChI is InChI=1S/C12H16N4O3S/c1-3-16-8-10(7-15-16)19-9-4-5-12(11(13)6-9)20(17,18)14-2/h4-8,14H,3,13H2,1-2H3. The average Bonchev–Trinajstić information content (AvgIpc) is 2.86. The zero-order valence-corrected chi connectivity index (χ0v) is 12.0. The van der Waals surface area contributed by atoms with Crippen molar-refractivity contribution in [1.29, 1.82) is 0 Å². The molecule has 8 heteroatoms. The first-order valence-electron chi connectivity index (χ1n) is 5.99. The molecule has 1 heterocycles. The van der Waals surface area contributed by atoms with Crippen LogP contribution in [0.5, 0.6) is 11.5 Å². The van der Waals surface area contributed by atoms with E-state index in [4.69, 9.17) is 10.5 Å². The normalized spacial score (nSPS) is 11.5. The summed E-state index contributed by atoms with van der Waals surface area (Å²) in [5.74, 6) is 1.02. The van der Waals surface area contributed by atoms with Gasteiger partial charge < -0.3 is 10.5 Å². The maximum Gasteiger partial charge on any atom is 0.242 e. The quantitative estimate of drug-likeness (QED) is 0.807. The highest BCUT2D eigenvalue weighted by molar-refractivity contribution is 7.89. The fourth-order valence-corrected chi connectivity index (χ4v) is 2.49. The van der Waals surface area contributed by atoms with Crippen molar-refractivity contribution in [3.63, 3.8) is 0 Å². The van der Waals surface area contributed by atoms with Gasteiger partial charge in [0.15, 0.2) is 5.75 Å². The van der Waals surface area contributed by atoms with Gasteiger partial charge in [0.05, 0.1) is 18.1 Å². The Morgan fingerprint density at radius 1 is 1.40 bits per heavy atom. The number of ether oxygens (including phenoxy) is 1. The van der Waals surface area contributed by atoms with Gasteiger partial charge >= 0.3 is 0 Å². The van der Waals surface area contributed by atoms with E-state index in [1.165, 1.54) is 19.2 Å². The fourth-order valence-electron chi connectivity index (χ4n) is 1.65. The fraction of sp³-hybridized carbons (Fsp3) is 0.250. The summed E-state index contributed by atoms with van der Waals surface area (Å²) in [6.45, 7) is 2.71. The van der Waals surface area contributed by atoms with Gasteiger partial charge in [-0.05, 0) is 26.1 Å². The second-order valence-corrected chi connectivity index (χ2v) is 5.90. The first-order valence-corrected chi connectivity index (χ1v) is 7.48. The van der Waals surface area contributed by atoms with E-state index >= 15 is 0 Å². The van der Waals surface area contributed by atoms with E-state index in [0.717, 1.165) is 6.54 Å². The highest BCUT2D eigenvalue weighted by Crippen LogP contribution is 2.27. The number of benzene rings is 1. The second-order valence-electron chi connectivity index (χ2n) is 4.04. The number of sulfonamides is 1. The molecule has 0 radical (unpaired) electrons. The molecule has 7 nitrogen and oxygen atoms in total. The molecule has 0 bridgehead atoms. The summed E-state index contributed by atoms with van der Waals surface area (Å²) in [6.07, 6.45) is 3.33. The number of rotatable bonds is 5. The predicted molar refractivity (Wildman–Crippen MR) is 75.1 cm³/mol. The van der Waals surface area contributed by atoms with Crippen LogP contribution in [0.3, 0.4) is 0 Å². The molecule has 0 atom stereocenters. The van der Waals surface area contributed by atoms with Crippen LogP contribution in [0, 0.1) is 0 Å². The number of anilines is 1. The monoisotopic (exact) mass is 296 g/mol. The SMILES string of the molecule is CCn1cc(Oc2ccc(S(=O)(=O)NC)c(N)c2)cn1. The Hall–Kier alpha value is -2.06. The lowest BCUT2D eigenvalue weighted by Gasteiger charge is -2.08. The van der Waals surface area contributed by atoms with Gasteiger partial charge in [0.25, 0.3) is 0 Å². The molecule has 2 aromatic rings. The Bertz CT molecular complexity index is 709. The van der Waals surface area contributed by atoms with Gasteiger partial charge in [0.2, 0.25) is 10.0 Å². The minimum Gasteiger partial charge on any atom is -0.454 e. The number of hydrogen-bond donors (Lipinski definition) is 2. The van der Waals surface area contributed by atoms with Crippen LogP contribution in [0.1, 0.15) is 6.92 Å². The van der Waals surface area contributed by atoms with Gasteiger partial charge in [-0.15, -0.1) is 0 Å². The largest absolute Gasteiger partial charge is 0.454 e. The first-order chi connectivity index (χ1) is 9.46. The summed E-state index contributed by atoms with van der Waals surface area (Å²) in [5.41, 5.74) is 5.87. The van der Waals surface area contributed by atoms with Gasteiger partial charge in [0.1, 0.15) is 10.6 Å². The Morgan fingerprint density at radius 2 is 2.15 bits per heavy atom. The lowest BCUT2D eigenvalue weighted by Crippen LogP contribution is -2.19. The van der Waals surface area contributed by atoms with Gasteiger partial charge in [-0.3, -0.25) is 4.68 Å². The smallest absolute Gasteiger partial charge is 0.242 e. The summed E-state index contributed by atoms with van der Waals surface area (Å²) >= 11 is 0. The van der Waals surface area contributed by atoms with E-state index in [9.17, 15) is 8.42 Å². The molecule has 0 aliphatic rings. The van der Waals surface area contributed by atoms with Crippen LogP contribution < -0.4 is 15.2 Å². The molecule has 1 aromatic heterocycles. The Morgan fingerprint density at radius 3 is 2.70 bits per heavy atom. The summed E-state index contributed by atoms with van der Waals surface area (Å²) < 4.78 is 32.9. The summed E-state index contributed by atoms with van der Waals surface area (Å²) in [6, 6.07) is 4.41. The molecule has 0 spiro atoms. The van der Waals surface area contributed by atoms with E-state index in [1.807, 2.05) is 6.92 Å². The van der Waals surface area contributed by atoms with Crippen LogP contribution in [0.15, 0.2) is 35.5 Å². The lowest BCUT2D eigenvalue weighted by molar-refractivity contribution is 0.481. The van der Waals surface area contributed by atoms with Crippen molar-refractivity contribution in [2.24, 2.45) is 0 Å². The maximum absolute atomic E-state index is 11.7. The minimum absolute atomic E-state index is 0.0246. The number of aryl methyl sites for hydroxylation is 1. The molecule has 0 aliphatic carbocycles. The highest BCUT2D eigenvalue weighted by atomic mass is 32.2. The molecular weight excluding hydrogens is 280 g/mol. The Kier molecular flexibility index (Phi) is 3.96. The highest BCUT2D eigenvalue weighted by Gasteiger charge is 2.15. The van der Waals surface area contributed by atoms with Crippen molar-refractivity contribution < 1.29 is 13.2 Å². The van der Waals surface area contributed by atoms with Crippen molar-refractivity contribution in [2.75, 3.05) is 12.8 Å². The molecule has 0 fully saturated rings. The molecule has 0 saturated heterocycles. The maximum atomic E-state index is 11.7. The molecule has 0 aliphatic heterocycles. The van der Waals surface area contributed by atoms with Crippen LogP contribution >= 0.6 is 0 Å². The second kappa shape index (κ2) is 5.51. The van der Waals surface area contributed by atoms with Crippen LogP contribution in [-0.4, -0.2) is 25.2 Å². The van der Waals surface area contributed by atoms with E-state index in [-0.39, 0.29) is 10.6 Å². The van der Waals surface area contributed by atoms with Gasteiger partial charge in [-0.25, -0.2) is 13.1 Å². The number of nitrogens with zero attached hydrogens (tertiary/aromatic N) is 2. The zero-order chi connectivity index (χ0) is 14.8. The van der Waals surface area contributed by atoms with Crippen molar-refractivity contribution in [2.45, 2.75) is 18.4 Å². The molecule has 1 aromatic carbocycles.